The molecule has 0 amide bonds. The zero-order valence-electron chi connectivity index (χ0n) is 7.46. The van der Waals surface area contributed by atoms with E-state index in [0.29, 0.717) is 18.8 Å². The van der Waals surface area contributed by atoms with Crippen LogP contribution in [0, 0.1) is 5.82 Å². The van der Waals surface area contributed by atoms with Gasteiger partial charge in [-0.05, 0) is 6.07 Å². The Bertz CT molecular complexity index is 343. The SMILES string of the molecule is NOCCc1ccc(F)c2c1OCO2. The average molecular weight is 199 g/mol. The summed E-state index contributed by atoms with van der Waals surface area (Å²) in [6.45, 7) is 0.425. The summed E-state index contributed by atoms with van der Waals surface area (Å²) in [7, 11) is 0. The van der Waals surface area contributed by atoms with Gasteiger partial charge in [-0.15, -0.1) is 0 Å². The number of benzene rings is 1. The smallest absolute Gasteiger partial charge is 0.231 e. The zero-order chi connectivity index (χ0) is 9.97. The Morgan fingerprint density at radius 2 is 2.14 bits per heavy atom. The number of fused-ring (bicyclic) bond motifs is 1. The highest BCUT2D eigenvalue weighted by Crippen LogP contribution is 2.38. The van der Waals surface area contributed by atoms with Crippen LogP contribution in [0.15, 0.2) is 12.1 Å². The van der Waals surface area contributed by atoms with Crippen molar-refractivity contribution in [2.45, 2.75) is 6.42 Å². The fourth-order valence-corrected chi connectivity index (χ4v) is 1.39. The van der Waals surface area contributed by atoms with E-state index in [1.54, 1.807) is 6.07 Å². The van der Waals surface area contributed by atoms with Crippen molar-refractivity contribution in [3.63, 3.8) is 0 Å². The Labute approximate surface area is 80.3 Å². The molecule has 76 valence electrons. The van der Waals surface area contributed by atoms with Crippen molar-refractivity contribution in [2.24, 2.45) is 5.90 Å². The van der Waals surface area contributed by atoms with E-state index < -0.39 is 5.82 Å². The second kappa shape index (κ2) is 3.81. The molecule has 0 atom stereocenters. The standard InChI is InChI=1S/C9H10FNO3/c10-7-2-1-6(3-4-14-11)8-9(7)13-5-12-8/h1-2H,3-5,11H2. The minimum Gasteiger partial charge on any atom is -0.453 e. The van der Waals surface area contributed by atoms with Gasteiger partial charge in [-0.25, -0.2) is 10.3 Å². The lowest BCUT2D eigenvalue weighted by Crippen LogP contribution is -2.04. The fourth-order valence-electron chi connectivity index (χ4n) is 1.39. The van der Waals surface area contributed by atoms with Gasteiger partial charge in [0.25, 0.3) is 0 Å². The Balaban J connectivity index is 2.29. The molecule has 0 aromatic heterocycles. The molecular formula is C9H10FNO3. The molecule has 1 aromatic carbocycles. The minimum atomic E-state index is -0.407. The first kappa shape index (κ1) is 9.23. The van der Waals surface area contributed by atoms with Crippen LogP contribution in [0.5, 0.6) is 11.5 Å². The number of halogens is 1. The molecule has 0 spiro atoms. The first-order valence-corrected chi connectivity index (χ1v) is 4.21. The van der Waals surface area contributed by atoms with Crippen LogP contribution in [0.4, 0.5) is 4.39 Å². The quantitative estimate of drug-likeness (QED) is 0.737. The van der Waals surface area contributed by atoms with Crippen molar-refractivity contribution in [3.05, 3.63) is 23.5 Å². The Morgan fingerprint density at radius 1 is 1.36 bits per heavy atom. The maximum Gasteiger partial charge on any atom is 0.231 e. The molecule has 1 aromatic rings. The van der Waals surface area contributed by atoms with Crippen LogP contribution in [0.3, 0.4) is 0 Å². The normalized spacial score (nSPS) is 13.3. The lowest BCUT2D eigenvalue weighted by molar-refractivity contribution is 0.139. The molecule has 5 heteroatoms. The van der Waals surface area contributed by atoms with Gasteiger partial charge in [0, 0.05) is 12.0 Å². The second-order valence-corrected chi connectivity index (χ2v) is 2.89. The van der Waals surface area contributed by atoms with Crippen LogP contribution < -0.4 is 15.4 Å². The Morgan fingerprint density at radius 3 is 2.93 bits per heavy atom. The number of ether oxygens (including phenoxy) is 2. The third kappa shape index (κ3) is 1.51. The van der Waals surface area contributed by atoms with Crippen molar-refractivity contribution in [1.82, 2.24) is 0 Å². The van der Waals surface area contributed by atoms with Gasteiger partial charge in [0.05, 0.1) is 6.61 Å². The Hall–Kier alpha value is -1.33. The number of rotatable bonds is 3. The maximum atomic E-state index is 13.1. The second-order valence-electron chi connectivity index (χ2n) is 2.89. The summed E-state index contributed by atoms with van der Waals surface area (Å²) in [4.78, 5) is 4.45. The maximum absolute atomic E-state index is 13.1. The summed E-state index contributed by atoms with van der Waals surface area (Å²) in [5, 5.41) is 0. The summed E-state index contributed by atoms with van der Waals surface area (Å²) in [5.41, 5.74) is 0.837. The highest BCUT2D eigenvalue weighted by Gasteiger charge is 2.21. The monoisotopic (exact) mass is 199 g/mol. The zero-order valence-corrected chi connectivity index (χ0v) is 7.46. The predicted molar refractivity (Wildman–Crippen MR) is 46.4 cm³/mol. The largest absolute Gasteiger partial charge is 0.453 e. The average Bonchev–Trinajstić information content (AvgIpc) is 2.66. The van der Waals surface area contributed by atoms with Gasteiger partial charge in [-0.2, -0.15) is 0 Å². The van der Waals surface area contributed by atoms with E-state index >= 15 is 0 Å². The molecule has 2 N–H and O–H groups in total. The van der Waals surface area contributed by atoms with Crippen molar-refractivity contribution in [1.29, 1.82) is 0 Å². The van der Waals surface area contributed by atoms with Crippen molar-refractivity contribution >= 4 is 0 Å². The predicted octanol–water partition coefficient (Wildman–Crippen LogP) is 0.987. The van der Waals surface area contributed by atoms with E-state index in [1.807, 2.05) is 0 Å². The summed E-state index contributed by atoms with van der Waals surface area (Å²) >= 11 is 0. The molecular weight excluding hydrogens is 189 g/mol. The highest BCUT2D eigenvalue weighted by molar-refractivity contribution is 5.49. The molecule has 0 fully saturated rings. The van der Waals surface area contributed by atoms with Crippen molar-refractivity contribution in [2.75, 3.05) is 13.4 Å². The van der Waals surface area contributed by atoms with E-state index in [9.17, 15) is 4.39 Å². The van der Waals surface area contributed by atoms with Crippen LogP contribution in [0.2, 0.25) is 0 Å². The van der Waals surface area contributed by atoms with E-state index in [-0.39, 0.29) is 12.5 Å². The molecule has 2 rings (SSSR count). The third-order valence-corrected chi connectivity index (χ3v) is 2.04. The van der Waals surface area contributed by atoms with Gasteiger partial charge >= 0.3 is 0 Å². The number of hydrogen-bond donors (Lipinski definition) is 1. The van der Waals surface area contributed by atoms with Gasteiger partial charge in [0.2, 0.25) is 12.5 Å². The summed E-state index contributed by atoms with van der Waals surface area (Å²) in [6, 6.07) is 2.99. The summed E-state index contributed by atoms with van der Waals surface area (Å²) < 4.78 is 23.3. The lowest BCUT2D eigenvalue weighted by atomic mass is 10.1. The molecule has 0 radical (unpaired) electrons. The first-order valence-electron chi connectivity index (χ1n) is 4.21. The van der Waals surface area contributed by atoms with Gasteiger partial charge < -0.3 is 14.3 Å². The minimum absolute atomic E-state index is 0.0623. The first-order chi connectivity index (χ1) is 6.83. The fraction of sp³-hybridized carbons (Fsp3) is 0.333. The molecule has 0 saturated heterocycles. The molecule has 4 nitrogen and oxygen atoms in total. The van der Waals surface area contributed by atoms with E-state index in [0.717, 1.165) is 5.56 Å². The third-order valence-electron chi connectivity index (χ3n) is 2.04. The molecule has 14 heavy (non-hydrogen) atoms. The van der Waals surface area contributed by atoms with Gasteiger partial charge in [0.15, 0.2) is 11.6 Å². The number of nitrogens with two attached hydrogens (primary N) is 1. The summed E-state index contributed by atoms with van der Waals surface area (Å²) in [6.07, 6.45) is 0.572. The highest BCUT2D eigenvalue weighted by atomic mass is 19.1. The molecule has 1 aliphatic heterocycles. The van der Waals surface area contributed by atoms with E-state index in [4.69, 9.17) is 15.4 Å². The van der Waals surface area contributed by atoms with Crippen LogP contribution in [-0.2, 0) is 11.3 Å². The molecule has 1 aliphatic rings. The van der Waals surface area contributed by atoms with Gasteiger partial charge in [-0.3, -0.25) is 0 Å². The van der Waals surface area contributed by atoms with Gasteiger partial charge in [0.1, 0.15) is 0 Å². The molecule has 0 saturated carbocycles. The summed E-state index contributed by atoms with van der Waals surface area (Å²) in [5.74, 6) is 5.14. The van der Waals surface area contributed by atoms with Crippen LogP contribution in [0.1, 0.15) is 5.56 Å². The van der Waals surface area contributed by atoms with Crippen molar-refractivity contribution in [3.8, 4) is 11.5 Å². The van der Waals surface area contributed by atoms with Gasteiger partial charge in [-0.1, -0.05) is 6.07 Å². The van der Waals surface area contributed by atoms with Crippen LogP contribution in [0.25, 0.3) is 0 Å². The van der Waals surface area contributed by atoms with E-state index in [2.05, 4.69) is 4.84 Å². The molecule has 0 aliphatic carbocycles. The topological polar surface area (TPSA) is 53.7 Å². The Kier molecular flexibility index (Phi) is 2.51. The van der Waals surface area contributed by atoms with E-state index in [1.165, 1.54) is 6.07 Å². The van der Waals surface area contributed by atoms with Crippen LogP contribution in [-0.4, -0.2) is 13.4 Å². The number of hydrogen-bond acceptors (Lipinski definition) is 4. The molecule has 0 bridgehead atoms. The van der Waals surface area contributed by atoms with Crippen LogP contribution >= 0.6 is 0 Å². The lowest BCUT2D eigenvalue weighted by Gasteiger charge is -2.04. The molecule has 0 unspecified atom stereocenters. The molecule has 1 heterocycles. The van der Waals surface area contributed by atoms with Crippen molar-refractivity contribution < 1.29 is 18.7 Å².